The van der Waals surface area contributed by atoms with Crippen molar-refractivity contribution >= 4 is 60.4 Å². The Balaban J connectivity index is 0.993. The minimum atomic E-state index is 0.599. The molecule has 1 aliphatic heterocycles. The lowest BCUT2D eigenvalue weighted by Crippen LogP contribution is -2.14. The number of para-hydroxylation sites is 6. The zero-order valence-electron chi connectivity index (χ0n) is 36.8. The SMILES string of the molecule is c1cc(-c2ccc(N(c3ccccc3-c3cccc4c3OCCc3cc5ccccc5cc3-4)c3ccccc3-n3c4ccccc4c4ccccc43)cc2)cc(-c2ccc3ccccc3c2)c1. The van der Waals surface area contributed by atoms with E-state index in [2.05, 4.69) is 252 Å². The molecule has 3 nitrogen and oxygen atoms in total. The van der Waals surface area contributed by atoms with Crippen LogP contribution < -0.4 is 9.64 Å². The van der Waals surface area contributed by atoms with Crippen molar-refractivity contribution in [1.29, 1.82) is 0 Å². The maximum Gasteiger partial charge on any atom is 0.135 e. The van der Waals surface area contributed by atoms with Crippen molar-refractivity contribution in [2.75, 3.05) is 11.5 Å². The Morgan fingerprint density at radius 2 is 0.896 bits per heavy atom. The van der Waals surface area contributed by atoms with Gasteiger partial charge in [0.1, 0.15) is 5.75 Å². The number of fused-ring (bicyclic) bond motifs is 8. The minimum Gasteiger partial charge on any atom is -0.492 e. The standard InChI is InChI=1S/C64H44N2O/c1-2-16-45-40-50(32-31-43(45)15-1)48-20-13-19-46(39-48)44-33-35-52(36-34-44)65(62-29-11-12-30-63(62)66-60-27-9-5-21-53(60)54-22-6-10-28-61(54)66)59-26-8-7-23-55(59)56-24-14-25-57-58-42-49-18-4-3-17-47(49)41-51(58)37-38-67-64(56)57/h1-36,39-42H,37-38H2. The fourth-order valence-electron chi connectivity index (χ4n) is 10.5. The Bertz CT molecular complexity index is 3810. The van der Waals surface area contributed by atoms with Crippen LogP contribution in [0.2, 0.25) is 0 Å². The molecule has 3 heteroatoms. The Morgan fingerprint density at radius 1 is 0.358 bits per heavy atom. The number of ether oxygens (including phenoxy) is 1. The van der Waals surface area contributed by atoms with Gasteiger partial charge in [-0.05, 0) is 116 Å². The van der Waals surface area contributed by atoms with Crippen molar-refractivity contribution in [3.63, 3.8) is 0 Å². The summed E-state index contributed by atoms with van der Waals surface area (Å²) in [6, 6.07) is 88.5. The van der Waals surface area contributed by atoms with Gasteiger partial charge >= 0.3 is 0 Å². The third-order valence-electron chi connectivity index (χ3n) is 13.7. The second-order valence-electron chi connectivity index (χ2n) is 17.5. The summed E-state index contributed by atoms with van der Waals surface area (Å²) >= 11 is 0. The summed E-state index contributed by atoms with van der Waals surface area (Å²) in [5, 5.41) is 7.44. The number of anilines is 3. The van der Waals surface area contributed by atoms with Crippen LogP contribution in [0, 0.1) is 0 Å². The molecular formula is C64H44N2O. The molecule has 0 spiro atoms. The highest BCUT2D eigenvalue weighted by atomic mass is 16.5. The molecule has 1 aliphatic rings. The molecule has 0 N–H and O–H groups in total. The summed E-state index contributed by atoms with van der Waals surface area (Å²) in [7, 11) is 0. The number of hydrogen-bond acceptors (Lipinski definition) is 2. The molecule has 0 amide bonds. The van der Waals surface area contributed by atoms with E-state index in [4.69, 9.17) is 4.74 Å². The smallest absolute Gasteiger partial charge is 0.135 e. The highest BCUT2D eigenvalue weighted by Crippen LogP contribution is 2.49. The Kier molecular flexibility index (Phi) is 9.31. The summed E-state index contributed by atoms with van der Waals surface area (Å²) in [4.78, 5) is 2.45. The summed E-state index contributed by atoms with van der Waals surface area (Å²) in [6.07, 6.45) is 0.839. The first-order valence-electron chi connectivity index (χ1n) is 23.2. The lowest BCUT2D eigenvalue weighted by Gasteiger charge is -2.30. The van der Waals surface area contributed by atoms with Gasteiger partial charge in [0.05, 0.1) is 34.7 Å². The van der Waals surface area contributed by atoms with Gasteiger partial charge in [0.15, 0.2) is 0 Å². The highest BCUT2D eigenvalue weighted by Gasteiger charge is 2.26. The van der Waals surface area contributed by atoms with E-state index in [0.717, 1.165) is 57.2 Å². The zero-order valence-corrected chi connectivity index (χ0v) is 36.8. The molecule has 0 saturated heterocycles. The summed E-state index contributed by atoms with van der Waals surface area (Å²) in [5.41, 5.74) is 17.2. The molecule has 1 aromatic heterocycles. The maximum absolute atomic E-state index is 6.87. The van der Waals surface area contributed by atoms with Gasteiger partial charge in [-0.25, -0.2) is 0 Å². The van der Waals surface area contributed by atoms with Gasteiger partial charge in [-0.1, -0.05) is 182 Å². The topological polar surface area (TPSA) is 17.4 Å². The molecule has 11 aromatic carbocycles. The third-order valence-corrected chi connectivity index (χ3v) is 13.7. The van der Waals surface area contributed by atoms with Gasteiger partial charge in [-0.15, -0.1) is 0 Å². The van der Waals surface area contributed by atoms with Crippen molar-refractivity contribution in [3.05, 3.63) is 248 Å². The van der Waals surface area contributed by atoms with Crippen LogP contribution in [0.15, 0.2) is 243 Å². The van der Waals surface area contributed by atoms with Gasteiger partial charge in [-0.3, -0.25) is 0 Å². The number of rotatable bonds is 7. The first-order valence-corrected chi connectivity index (χ1v) is 23.2. The van der Waals surface area contributed by atoms with Crippen molar-refractivity contribution in [1.82, 2.24) is 4.57 Å². The lowest BCUT2D eigenvalue weighted by molar-refractivity contribution is 0.328. The first-order chi connectivity index (χ1) is 33.2. The van der Waals surface area contributed by atoms with Crippen molar-refractivity contribution in [3.8, 4) is 55.9 Å². The molecule has 0 aliphatic carbocycles. The van der Waals surface area contributed by atoms with E-state index in [0.29, 0.717) is 6.61 Å². The van der Waals surface area contributed by atoms with Crippen LogP contribution in [0.4, 0.5) is 17.1 Å². The number of nitrogens with zero attached hydrogens (tertiary/aromatic N) is 2. The highest BCUT2D eigenvalue weighted by molar-refractivity contribution is 6.10. The second kappa shape index (κ2) is 16.1. The van der Waals surface area contributed by atoms with Crippen LogP contribution in [-0.2, 0) is 6.42 Å². The predicted molar refractivity (Wildman–Crippen MR) is 281 cm³/mol. The normalized spacial score (nSPS) is 12.2. The zero-order chi connectivity index (χ0) is 44.3. The molecule has 316 valence electrons. The van der Waals surface area contributed by atoms with E-state index in [-0.39, 0.29) is 0 Å². The number of hydrogen-bond donors (Lipinski definition) is 0. The monoisotopic (exact) mass is 856 g/mol. The van der Waals surface area contributed by atoms with E-state index in [1.807, 2.05) is 0 Å². The fourth-order valence-corrected chi connectivity index (χ4v) is 10.5. The summed E-state index contributed by atoms with van der Waals surface area (Å²) < 4.78 is 9.30. The van der Waals surface area contributed by atoms with Crippen molar-refractivity contribution in [2.24, 2.45) is 0 Å². The van der Waals surface area contributed by atoms with E-state index >= 15 is 0 Å². The summed E-state index contributed by atoms with van der Waals surface area (Å²) in [5.74, 6) is 0.918. The van der Waals surface area contributed by atoms with Crippen LogP contribution in [0.3, 0.4) is 0 Å². The molecule has 67 heavy (non-hydrogen) atoms. The van der Waals surface area contributed by atoms with Crippen LogP contribution in [0.1, 0.15) is 5.56 Å². The van der Waals surface area contributed by atoms with Gasteiger partial charge in [-0.2, -0.15) is 0 Å². The lowest BCUT2D eigenvalue weighted by atomic mass is 9.91. The third kappa shape index (κ3) is 6.66. The van der Waals surface area contributed by atoms with Crippen LogP contribution in [0.5, 0.6) is 5.75 Å². The van der Waals surface area contributed by atoms with Gasteiger partial charge < -0.3 is 14.2 Å². The van der Waals surface area contributed by atoms with Crippen LogP contribution in [0.25, 0.3) is 93.5 Å². The molecule has 13 rings (SSSR count). The molecule has 0 bridgehead atoms. The Morgan fingerprint density at radius 3 is 1.66 bits per heavy atom. The maximum atomic E-state index is 6.87. The molecular weight excluding hydrogens is 813 g/mol. The molecule has 12 aromatic rings. The van der Waals surface area contributed by atoms with E-state index < -0.39 is 0 Å². The molecule has 0 saturated carbocycles. The number of aromatic nitrogens is 1. The van der Waals surface area contributed by atoms with Crippen LogP contribution in [-0.4, -0.2) is 11.2 Å². The quantitative estimate of drug-likeness (QED) is 0.159. The largest absolute Gasteiger partial charge is 0.492 e. The molecule has 0 radical (unpaired) electrons. The first kappa shape index (κ1) is 38.8. The van der Waals surface area contributed by atoms with Gasteiger partial charge in [0.2, 0.25) is 0 Å². The predicted octanol–water partition coefficient (Wildman–Crippen LogP) is 17.2. The van der Waals surface area contributed by atoms with E-state index in [9.17, 15) is 0 Å². The van der Waals surface area contributed by atoms with Crippen molar-refractivity contribution < 1.29 is 4.74 Å². The average molecular weight is 857 g/mol. The summed E-state index contributed by atoms with van der Waals surface area (Å²) in [6.45, 7) is 0.599. The molecule has 0 atom stereocenters. The minimum absolute atomic E-state index is 0.599. The molecule has 2 heterocycles. The fraction of sp³-hybridized carbons (Fsp3) is 0.0312. The van der Waals surface area contributed by atoms with E-state index in [1.54, 1.807) is 0 Å². The average Bonchev–Trinajstić information content (AvgIpc) is 3.62. The Hall–Kier alpha value is -8.66. The molecule has 0 fully saturated rings. The number of benzene rings is 11. The van der Waals surface area contributed by atoms with Crippen molar-refractivity contribution in [2.45, 2.75) is 6.42 Å². The van der Waals surface area contributed by atoms with E-state index in [1.165, 1.54) is 71.2 Å². The van der Waals surface area contributed by atoms with Gasteiger partial charge in [0.25, 0.3) is 0 Å². The van der Waals surface area contributed by atoms with Gasteiger partial charge in [0, 0.05) is 39.6 Å². The molecule has 0 unspecified atom stereocenters. The van der Waals surface area contributed by atoms with Crippen LogP contribution >= 0.6 is 0 Å². The second-order valence-corrected chi connectivity index (χ2v) is 17.5. The Labute approximate surface area is 390 Å².